The number of amides is 1. The summed E-state index contributed by atoms with van der Waals surface area (Å²) in [6, 6.07) is 18.2. The van der Waals surface area contributed by atoms with Crippen LogP contribution in [0.3, 0.4) is 0 Å². The minimum atomic E-state index is -0.613. The topological polar surface area (TPSA) is 62.1 Å². The number of halogens is 3. The Morgan fingerprint density at radius 2 is 1.94 bits per heavy atom. The van der Waals surface area contributed by atoms with E-state index in [9.17, 15) is 14.4 Å². The van der Waals surface area contributed by atoms with E-state index in [1.165, 1.54) is 18.2 Å². The van der Waals surface area contributed by atoms with Crippen molar-refractivity contribution in [3.63, 3.8) is 0 Å². The molecule has 3 aromatic carbocycles. The van der Waals surface area contributed by atoms with Gasteiger partial charge in [-0.2, -0.15) is 5.26 Å². The van der Waals surface area contributed by atoms with Gasteiger partial charge in [-0.1, -0.05) is 53.5 Å². The number of nitrogens with zero attached hydrogens (tertiary/aromatic N) is 1. The molecule has 0 heterocycles. The fourth-order valence-electron chi connectivity index (χ4n) is 3.04. The predicted octanol–water partition coefficient (Wildman–Crippen LogP) is 6.99. The van der Waals surface area contributed by atoms with Gasteiger partial charge in [-0.25, -0.2) is 4.39 Å². The van der Waals surface area contributed by atoms with Crippen LogP contribution < -0.4 is 10.1 Å². The van der Waals surface area contributed by atoms with Crippen LogP contribution >= 0.6 is 23.2 Å². The van der Waals surface area contributed by atoms with Gasteiger partial charge < -0.3 is 10.1 Å². The predicted molar refractivity (Wildman–Crippen MR) is 130 cm³/mol. The molecule has 0 spiro atoms. The first kappa shape index (κ1) is 24.1. The Hall–Kier alpha value is -3.59. The molecule has 0 unspecified atom stereocenters. The minimum Gasteiger partial charge on any atom is -0.489 e. The number of allylic oxidation sites excluding steroid dienone is 1. The summed E-state index contributed by atoms with van der Waals surface area (Å²) < 4.78 is 19.3. The molecule has 0 saturated carbocycles. The summed E-state index contributed by atoms with van der Waals surface area (Å²) in [4.78, 5) is 12.6. The van der Waals surface area contributed by atoms with Gasteiger partial charge in [0, 0.05) is 0 Å². The van der Waals surface area contributed by atoms with Gasteiger partial charge in [0.05, 0.1) is 15.7 Å². The average Bonchev–Trinajstić information content (AvgIpc) is 2.80. The lowest BCUT2D eigenvalue weighted by atomic mass is 10.0. The molecule has 4 nitrogen and oxygen atoms in total. The standard InChI is InChI=1S/C26H19Cl2FN2O2/c1-2-5-19-12-17(10-11-24(19)33-16-18-6-3-7-21(29)14-18)13-20(15-30)26(32)31-23-9-4-8-22(27)25(23)28/h2-4,6-14H,1,5,16H2,(H,31,32)/b20-13-. The molecule has 1 N–H and O–H groups in total. The van der Waals surface area contributed by atoms with Crippen molar-refractivity contribution >= 4 is 40.9 Å². The fraction of sp³-hybridized carbons (Fsp3) is 0.0769. The van der Waals surface area contributed by atoms with E-state index in [1.807, 2.05) is 6.07 Å². The molecule has 0 fully saturated rings. The second-order valence-electron chi connectivity index (χ2n) is 7.00. The number of rotatable bonds is 8. The highest BCUT2D eigenvalue weighted by molar-refractivity contribution is 6.44. The molecule has 0 radical (unpaired) electrons. The third kappa shape index (κ3) is 6.45. The molecule has 0 bridgehead atoms. The second kappa shape index (κ2) is 11.3. The highest BCUT2D eigenvalue weighted by atomic mass is 35.5. The van der Waals surface area contributed by atoms with E-state index in [2.05, 4.69) is 11.9 Å². The molecule has 0 aliphatic heterocycles. The molecule has 0 aliphatic rings. The number of carbonyl (C=O) groups is 1. The van der Waals surface area contributed by atoms with Crippen molar-refractivity contribution < 1.29 is 13.9 Å². The van der Waals surface area contributed by atoms with E-state index in [4.69, 9.17) is 27.9 Å². The van der Waals surface area contributed by atoms with Gasteiger partial charge in [0.1, 0.15) is 29.8 Å². The van der Waals surface area contributed by atoms with Gasteiger partial charge in [0.15, 0.2) is 0 Å². The maximum Gasteiger partial charge on any atom is 0.266 e. The van der Waals surface area contributed by atoms with Crippen LogP contribution in [0.4, 0.5) is 10.1 Å². The molecule has 3 aromatic rings. The molecule has 0 atom stereocenters. The van der Waals surface area contributed by atoms with Crippen molar-refractivity contribution in [2.75, 3.05) is 5.32 Å². The largest absolute Gasteiger partial charge is 0.489 e. The van der Waals surface area contributed by atoms with Crippen LogP contribution in [0, 0.1) is 17.1 Å². The Balaban J connectivity index is 1.81. The van der Waals surface area contributed by atoms with Gasteiger partial charge in [-0.3, -0.25) is 4.79 Å². The summed E-state index contributed by atoms with van der Waals surface area (Å²) in [5.41, 5.74) is 2.35. The monoisotopic (exact) mass is 480 g/mol. The Bertz CT molecular complexity index is 1270. The number of nitriles is 1. The van der Waals surface area contributed by atoms with Gasteiger partial charge in [0.25, 0.3) is 5.91 Å². The van der Waals surface area contributed by atoms with E-state index in [0.29, 0.717) is 34.0 Å². The molecule has 0 aromatic heterocycles. The Labute approximate surface area is 201 Å². The van der Waals surface area contributed by atoms with Gasteiger partial charge in [-0.05, 0) is 65.6 Å². The van der Waals surface area contributed by atoms with E-state index in [-0.39, 0.29) is 23.0 Å². The normalized spacial score (nSPS) is 10.9. The van der Waals surface area contributed by atoms with Gasteiger partial charge in [0.2, 0.25) is 0 Å². The summed E-state index contributed by atoms with van der Waals surface area (Å²) in [5, 5.41) is 12.6. The van der Waals surface area contributed by atoms with Crippen LogP contribution in [0.1, 0.15) is 16.7 Å². The molecule has 166 valence electrons. The van der Waals surface area contributed by atoms with Crippen LogP contribution in [0.2, 0.25) is 10.0 Å². The molecular formula is C26H19Cl2FN2O2. The van der Waals surface area contributed by atoms with Crippen molar-refractivity contribution in [2.24, 2.45) is 0 Å². The Morgan fingerprint density at radius 1 is 1.15 bits per heavy atom. The zero-order valence-corrected chi connectivity index (χ0v) is 19.0. The quantitative estimate of drug-likeness (QED) is 0.214. The molecule has 7 heteroatoms. The number of carbonyl (C=O) groups excluding carboxylic acids is 1. The Kier molecular flexibility index (Phi) is 8.26. The van der Waals surface area contributed by atoms with Crippen molar-refractivity contribution in [1.82, 2.24) is 0 Å². The van der Waals surface area contributed by atoms with Crippen LogP contribution in [-0.2, 0) is 17.8 Å². The summed E-state index contributed by atoms with van der Waals surface area (Å²) in [6.45, 7) is 3.96. The summed E-state index contributed by atoms with van der Waals surface area (Å²) in [7, 11) is 0. The summed E-state index contributed by atoms with van der Waals surface area (Å²) >= 11 is 12.1. The average molecular weight is 481 g/mol. The van der Waals surface area contributed by atoms with Crippen molar-refractivity contribution in [3.05, 3.63) is 111 Å². The van der Waals surface area contributed by atoms with E-state index in [0.717, 1.165) is 5.56 Å². The van der Waals surface area contributed by atoms with Gasteiger partial charge >= 0.3 is 0 Å². The van der Waals surface area contributed by atoms with Crippen LogP contribution in [0.15, 0.2) is 78.9 Å². The first-order valence-corrected chi connectivity index (χ1v) is 10.6. The number of hydrogen-bond acceptors (Lipinski definition) is 3. The van der Waals surface area contributed by atoms with E-state index in [1.54, 1.807) is 54.6 Å². The first-order valence-electron chi connectivity index (χ1n) is 9.89. The zero-order valence-electron chi connectivity index (χ0n) is 17.4. The maximum absolute atomic E-state index is 13.4. The van der Waals surface area contributed by atoms with E-state index < -0.39 is 5.91 Å². The smallest absolute Gasteiger partial charge is 0.266 e. The van der Waals surface area contributed by atoms with Crippen LogP contribution in [-0.4, -0.2) is 5.91 Å². The third-order valence-electron chi connectivity index (χ3n) is 4.61. The lowest BCUT2D eigenvalue weighted by Gasteiger charge is -2.12. The summed E-state index contributed by atoms with van der Waals surface area (Å²) in [6.07, 6.45) is 3.69. The molecule has 3 rings (SSSR count). The number of nitrogens with one attached hydrogen (secondary N) is 1. The highest BCUT2D eigenvalue weighted by Crippen LogP contribution is 2.30. The first-order chi connectivity index (χ1) is 15.9. The lowest BCUT2D eigenvalue weighted by Crippen LogP contribution is -2.13. The highest BCUT2D eigenvalue weighted by Gasteiger charge is 2.13. The number of hydrogen-bond donors (Lipinski definition) is 1. The molecule has 0 aliphatic carbocycles. The van der Waals surface area contributed by atoms with Crippen LogP contribution in [0.25, 0.3) is 6.08 Å². The zero-order chi connectivity index (χ0) is 23.8. The van der Waals surface area contributed by atoms with Crippen LogP contribution in [0.5, 0.6) is 5.75 Å². The van der Waals surface area contributed by atoms with Crippen molar-refractivity contribution in [2.45, 2.75) is 13.0 Å². The number of benzene rings is 3. The summed E-state index contributed by atoms with van der Waals surface area (Å²) in [5.74, 6) is -0.340. The number of anilines is 1. The third-order valence-corrected chi connectivity index (χ3v) is 5.43. The maximum atomic E-state index is 13.4. The lowest BCUT2D eigenvalue weighted by molar-refractivity contribution is -0.112. The van der Waals surface area contributed by atoms with Gasteiger partial charge in [-0.15, -0.1) is 6.58 Å². The molecule has 1 amide bonds. The van der Waals surface area contributed by atoms with Crippen molar-refractivity contribution in [1.29, 1.82) is 5.26 Å². The second-order valence-corrected chi connectivity index (χ2v) is 7.79. The molecule has 0 saturated heterocycles. The molecule has 33 heavy (non-hydrogen) atoms. The SMILES string of the molecule is C=CCc1cc(/C=C(/C#N)C(=O)Nc2cccc(Cl)c2Cl)ccc1OCc1cccc(F)c1. The number of ether oxygens (including phenoxy) is 1. The fourth-order valence-corrected chi connectivity index (χ4v) is 3.39. The Morgan fingerprint density at radius 3 is 2.67 bits per heavy atom. The van der Waals surface area contributed by atoms with E-state index >= 15 is 0 Å². The van der Waals surface area contributed by atoms with Crippen molar-refractivity contribution in [3.8, 4) is 11.8 Å². The minimum absolute atomic E-state index is 0.107. The molecular weight excluding hydrogens is 462 g/mol.